The maximum Gasteiger partial charge on any atom is 0.0236 e. The van der Waals surface area contributed by atoms with Crippen molar-refractivity contribution in [2.45, 2.75) is 45.7 Å². The Labute approximate surface area is 117 Å². The van der Waals surface area contributed by atoms with Gasteiger partial charge in [0.1, 0.15) is 0 Å². The van der Waals surface area contributed by atoms with E-state index in [2.05, 4.69) is 49.1 Å². The van der Waals surface area contributed by atoms with Gasteiger partial charge in [0.05, 0.1) is 0 Å². The van der Waals surface area contributed by atoms with E-state index in [0.717, 1.165) is 13.1 Å². The molecule has 19 heavy (non-hydrogen) atoms. The van der Waals surface area contributed by atoms with Gasteiger partial charge >= 0.3 is 0 Å². The number of likely N-dealkylation sites (tertiary alicyclic amines) is 1. The van der Waals surface area contributed by atoms with Crippen molar-refractivity contribution >= 4 is 0 Å². The first-order chi connectivity index (χ1) is 9.09. The molecule has 2 atom stereocenters. The molecule has 1 saturated carbocycles. The summed E-state index contributed by atoms with van der Waals surface area (Å²) in [4.78, 5) is 2.68. The Balaban J connectivity index is 1.76. The molecule has 0 amide bonds. The minimum atomic E-state index is 0.373. The van der Waals surface area contributed by atoms with E-state index in [-0.39, 0.29) is 0 Å². The minimum Gasteiger partial charge on any atom is -0.330 e. The lowest BCUT2D eigenvalue weighted by molar-refractivity contribution is 0.144. The summed E-state index contributed by atoms with van der Waals surface area (Å²) in [5.41, 5.74) is 8.39. The molecule has 104 valence electrons. The van der Waals surface area contributed by atoms with Gasteiger partial charge in [-0.25, -0.2) is 0 Å². The number of hydrogen-bond donors (Lipinski definition) is 1. The Bertz CT molecular complexity index is 440. The van der Waals surface area contributed by atoms with Crippen LogP contribution in [0, 0.1) is 10.8 Å². The molecule has 2 heteroatoms. The van der Waals surface area contributed by atoms with Crippen LogP contribution in [0.3, 0.4) is 0 Å². The second kappa shape index (κ2) is 4.60. The molecule has 1 aliphatic carbocycles. The van der Waals surface area contributed by atoms with Crippen molar-refractivity contribution in [1.29, 1.82) is 0 Å². The third-order valence-electron chi connectivity index (χ3n) is 5.57. The Morgan fingerprint density at radius 1 is 1.26 bits per heavy atom. The summed E-state index contributed by atoms with van der Waals surface area (Å²) in [5.74, 6) is 0. The van der Waals surface area contributed by atoms with Crippen LogP contribution in [0.4, 0.5) is 0 Å². The molecule has 0 spiro atoms. The van der Waals surface area contributed by atoms with Gasteiger partial charge in [-0.3, -0.25) is 4.90 Å². The summed E-state index contributed by atoms with van der Waals surface area (Å²) in [5, 5.41) is 0. The minimum absolute atomic E-state index is 0.373. The molecular weight excluding hydrogens is 232 g/mol. The van der Waals surface area contributed by atoms with Crippen LogP contribution in [0.2, 0.25) is 0 Å². The van der Waals surface area contributed by atoms with E-state index in [4.69, 9.17) is 5.73 Å². The van der Waals surface area contributed by atoms with E-state index in [1.165, 1.54) is 31.4 Å². The molecule has 1 aromatic carbocycles. The zero-order valence-electron chi connectivity index (χ0n) is 12.2. The molecule has 0 aromatic heterocycles. The van der Waals surface area contributed by atoms with E-state index < -0.39 is 0 Å². The predicted octanol–water partition coefficient (Wildman–Crippen LogP) is 3.03. The van der Waals surface area contributed by atoms with Crippen LogP contribution in [0.5, 0.6) is 0 Å². The molecular formula is C17H26N2. The van der Waals surface area contributed by atoms with Gasteiger partial charge in [-0.1, -0.05) is 44.2 Å². The van der Waals surface area contributed by atoms with Gasteiger partial charge in [-0.05, 0) is 43.3 Å². The number of benzene rings is 1. The van der Waals surface area contributed by atoms with E-state index in [1.807, 2.05) is 0 Å². The average Bonchev–Trinajstić information content (AvgIpc) is 2.73. The fourth-order valence-electron chi connectivity index (χ4n) is 4.26. The van der Waals surface area contributed by atoms with Crippen molar-refractivity contribution in [3.63, 3.8) is 0 Å². The molecule has 1 heterocycles. The van der Waals surface area contributed by atoms with Gasteiger partial charge in [-0.2, -0.15) is 0 Å². The van der Waals surface area contributed by atoms with E-state index >= 15 is 0 Å². The first-order valence-corrected chi connectivity index (χ1v) is 7.57. The van der Waals surface area contributed by atoms with E-state index in [9.17, 15) is 0 Å². The highest BCUT2D eigenvalue weighted by Crippen LogP contribution is 2.67. The van der Waals surface area contributed by atoms with Gasteiger partial charge in [0.25, 0.3) is 0 Å². The van der Waals surface area contributed by atoms with Crippen molar-refractivity contribution in [3.05, 3.63) is 35.9 Å². The largest absolute Gasteiger partial charge is 0.330 e. The highest BCUT2D eigenvalue weighted by atomic mass is 15.2. The first kappa shape index (κ1) is 13.1. The Morgan fingerprint density at radius 3 is 2.53 bits per heavy atom. The van der Waals surface area contributed by atoms with Crippen LogP contribution < -0.4 is 5.73 Å². The lowest BCUT2D eigenvalue weighted by Crippen LogP contribution is -2.42. The van der Waals surface area contributed by atoms with E-state index in [1.54, 1.807) is 0 Å². The molecule has 2 aliphatic rings. The highest BCUT2D eigenvalue weighted by molar-refractivity contribution is 5.19. The summed E-state index contributed by atoms with van der Waals surface area (Å²) in [6, 6.07) is 11.5. The molecule has 1 aromatic rings. The fourth-order valence-corrected chi connectivity index (χ4v) is 4.26. The Morgan fingerprint density at radius 2 is 1.95 bits per heavy atom. The fraction of sp³-hybridized carbons (Fsp3) is 0.647. The predicted molar refractivity (Wildman–Crippen MR) is 79.8 cm³/mol. The number of rotatable bonds is 4. The molecule has 2 unspecified atom stereocenters. The van der Waals surface area contributed by atoms with Crippen LogP contribution in [0.1, 0.15) is 38.7 Å². The summed E-state index contributed by atoms with van der Waals surface area (Å²) >= 11 is 0. The van der Waals surface area contributed by atoms with Crippen molar-refractivity contribution in [2.24, 2.45) is 16.6 Å². The summed E-state index contributed by atoms with van der Waals surface area (Å²) in [7, 11) is 0. The number of nitrogens with zero attached hydrogens (tertiary/aromatic N) is 1. The van der Waals surface area contributed by atoms with Crippen LogP contribution in [-0.2, 0) is 6.54 Å². The SMILES string of the molecule is CC1(C)CC1(CN)C1CCCN1Cc1ccccc1. The third-order valence-corrected chi connectivity index (χ3v) is 5.57. The van der Waals surface area contributed by atoms with Gasteiger partial charge in [-0.15, -0.1) is 0 Å². The second-order valence-corrected chi connectivity index (χ2v) is 7.04. The smallest absolute Gasteiger partial charge is 0.0236 e. The monoisotopic (exact) mass is 258 g/mol. The van der Waals surface area contributed by atoms with Crippen molar-refractivity contribution in [2.75, 3.05) is 13.1 Å². The normalized spacial score (nSPS) is 33.5. The Kier molecular flexibility index (Phi) is 3.18. The molecule has 1 saturated heterocycles. The number of hydrogen-bond acceptors (Lipinski definition) is 2. The molecule has 3 rings (SSSR count). The van der Waals surface area contributed by atoms with Gasteiger partial charge in [0.15, 0.2) is 0 Å². The lowest BCUT2D eigenvalue weighted by atomic mass is 9.86. The van der Waals surface area contributed by atoms with Gasteiger partial charge in [0, 0.05) is 18.0 Å². The lowest BCUT2D eigenvalue weighted by Gasteiger charge is -2.34. The van der Waals surface area contributed by atoms with E-state index in [0.29, 0.717) is 16.9 Å². The van der Waals surface area contributed by atoms with Crippen molar-refractivity contribution in [1.82, 2.24) is 4.90 Å². The molecule has 1 aliphatic heterocycles. The zero-order valence-corrected chi connectivity index (χ0v) is 12.2. The molecule has 2 fully saturated rings. The van der Waals surface area contributed by atoms with Crippen LogP contribution in [0.25, 0.3) is 0 Å². The molecule has 2 nitrogen and oxygen atoms in total. The molecule has 0 radical (unpaired) electrons. The molecule has 0 bridgehead atoms. The summed E-state index contributed by atoms with van der Waals surface area (Å²) < 4.78 is 0. The molecule has 2 N–H and O–H groups in total. The first-order valence-electron chi connectivity index (χ1n) is 7.57. The van der Waals surface area contributed by atoms with Crippen LogP contribution in [-0.4, -0.2) is 24.0 Å². The summed E-state index contributed by atoms with van der Waals surface area (Å²) in [6.07, 6.45) is 3.95. The quantitative estimate of drug-likeness (QED) is 0.899. The highest BCUT2D eigenvalue weighted by Gasteiger charge is 2.65. The zero-order chi connectivity index (χ0) is 13.5. The van der Waals surface area contributed by atoms with Crippen LogP contribution >= 0.6 is 0 Å². The standard InChI is InChI=1S/C17H26N2/c1-16(2)12-17(16,13-18)15-9-6-10-19(15)11-14-7-4-3-5-8-14/h3-5,7-8,15H,6,9-13,18H2,1-2H3. The summed E-state index contributed by atoms with van der Waals surface area (Å²) in [6.45, 7) is 7.94. The van der Waals surface area contributed by atoms with Crippen LogP contribution in [0.15, 0.2) is 30.3 Å². The second-order valence-electron chi connectivity index (χ2n) is 7.04. The third kappa shape index (κ3) is 2.11. The van der Waals surface area contributed by atoms with Crippen molar-refractivity contribution in [3.8, 4) is 0 Å². The number of nitrogens with two attached hydrogens (primary N) is 1. The average molecular weight is 258 g/mol. The Hall–Kier alpha value is -0.860. The van der Waals surface area contributed by atoms with Gasteiger partial charge < -0.3 is 5.73 Å². The maximum atomic E-state index is 6.15. The van der Waals surface area contributed by atoms with Gasteiger partial charge in [0.2, 0.25) is 0 Å². The maximum absolute atomic E-state index is 6.15. The van der Waals surface area contributed by atoms with Crippen molar-refractivity contribution < 1.29 is 0 Å². The topological polar surface area (TPSA) is 29.3 Å².